The van der Waals surface area contributed by atoms with E-state index in [1.165, 1.54) is 32.1 Å². The van der Waals surface area contributed by atoms with Gasteiger partial charge in [0, 0.05) is 13.1 Å². The van der Waals surface area contributed by atoms with Crippen molar-refractivity contribution in [1.82, 2.24) is 10.2 Å². The van der Waals surface area contributed by atoms with Crippen LogP contribution in [0.4, 0.5) is 0 Å². The predicted octanol–water partition coefficient (Wildman–Crippen LogP) is 1.77. The van der Waals surface area contributed by atoms with Gasteiger partial charge < -0.3 is 16.0 Å². The molecule has 19 heavy (non-hydrogen) atoms. The highest BCUT2D eigenvalue weighted by molar-refractivity contribution is 5.85. The molecule has 1 fully saturated rings. The molecule has 1 unspecified atom stereocenters. The second kappa shape index (κ2) is 10.5. The molecule has 1 aliphatic carbocycles. The van der Waals surface area contributed by atoms with Gasteiger partial charge >= 0.3 is 0 Å². The minimum Gasteiger partial charge on any atom is -0.353 e. The number of rotatable bonds is 7. The van der Waals surface area contributed by atoms with E-state index in [0.29, 0.717) is 12.5 Å². The van der Waals surface area contributed by atoms with Crippen molar-refractivity contribution in [2.24, 2.45) is 11.7 Å². The molecule has 0 aromatic rings. The van der Waals surface area contributed by atoms with Gasteiger partial charge in [0.25, 0.3) is 0 Å². The van der Waals surface area contributed by atoms with Gasteiger partial charge in [-0.25, -0.2) is 0 Å². The Kier molecular flexibility index (Phi) is 10.3. The molecule has 4 nitrogen and oxygen atoms in total. The van der Waals surface area contributed by atoms with Crippen molar-refractivity contribution in [2.75, 3.05) is 26.7 Å². The first-order valence-corrected chi connectivity index (χ1v) is 7.35. The number of nitrogens with one attached hydrogen (secondary N) is 1. The van der Waals surface area contributed by atoms with Crippen molar-refractivity contribution >= 4 is 18.3 Å². The molecule has 0 aromatic carbocycles. The van der Waals surface area contributed by atoms with Crippen LogP contribution >= 0.6 is 12.4 Å². The van der Waals surface area contributed by atoms with Crippen LogP contribution in [-0.2, 0) is 4.79 Å². The van der Waals surface area contributed by atoms with E-state index in [0.717, 1.165) is 19.5 Å². The smallest absolute Gasteiger partial charge is 0.236 e. The maximum absolute atomic E-state index is 11.8. The number of hydrogen-bond acceptors (Lipinski definition) is 3. The lowest BCUT2D eigenvalue weighted by Gasteiger charge is -2.24. The van der Waals surface area contributed by atoms with Crippen LogP contribution in [0.3, 0.4) is 0 Å². The van der Waals surface area contributed by atoms with Gasteiger partial charge in [-0.15, -0.1) is 12.4 Å². The van der Waals surface area contributed by atoms with Gasteiger partial charge in [-0.3, -0.25) is 4.79 Å². The Bertz CT molecular complexity index is 245. The topological polar surface area (TPSA) is 58.4 Å². The third-order valence-corrected chi connectivity index (χ3v) is 3.98. The molecular formula is C14H30ClN3O. The molecule has 0 aliphatic heterocycles. The Balaban J connectivity index is 0.00000324. The van der Waals surface area contributed by atoms with Crippen LogP contribution in [-0.4, -0.2) is 43.5 Å². The van der Waals surface area contributed by atoms with Crippen LogP contribution in [0.25, 0.3) is 0 Å². The van der Waals surface area contributed by atoms with Gasteiger partial charge in [0.05, 0.1) is 6.04 Å². The summed E-state index contributed by atoms with van der Waals surface area (Å²) < 4.78 is 0. The normalized spacial score (nSPS) is 17.9. The summed E-state index contributed by atoms with van der Waals surface area (Å²) in [6, 6.07) is -0.319. The SMILES string of the molecule is CCN(C)CCNC(=O)C(N)CC1CCCCC1.Cl. The monoisotopic (exact) mass is 291 g/mol. The maximum atomic E-state index is 11.8. The second-order valence-electron chi connectivity index (χ2n) is 5.53. The van der Waals surface area contributed by atoms with Crippen LogP contribution in [0, 0.1) is 5.92 Å². The maximum Gasteiger partial charge on any atom is 0.236 e. The minimum absolute atomic E-state index is 0. The number of carbonyl (C=O) groups is 1. The van der Waals surface area contributed by atoms with Crippen LogP contribution < -0.4 is 11.1 Å². The van der Waals surface area contributed by atoms with Crippen molar-refractivity contribution in [3.63, 3.8) is 0 Å². The third kappa shape index (κ3) is 7.75. The van der Waals surface area contributed by atoms with E-state index in [2.05, 4.69) is 17.1 Å². The largest absolute Gasteiger partial charge is 0.353 e. The van der Waals surface area contributed by atoms with E-state index in [1.54, 1.807) is 0 Å². The molecule has 0 spiro atoms. The zero-order chi connectivity index (χ0) is 13.4. The van der Waals surface area contributed by atoms with Crippen LogP contribution in [0.1, 0.15) is 45.4 Å². The Morgan fingerprint density at radius 2 is 2.00 bits per heavy atom. The summed E-state index contributed by atoms with van der Waals surface area (Å²) in [6.45, 7) is 4.69. The highest BCUT2D eigenvalue weighted by Gasteiger charge is 2.20. The van der Waals surface area contributed by atoms with Crippen LogP contribution in [0.15, 0.2) is 0 Å². The average molecular weight is 292 g/mol. The summed E-state index contributed by atoms with van der Waals surface area (Å²) in [7, 11) is 2.05. The molecule has 1 atom stereocenters. The zero-order valence-electron chi connectivity index (χ0n) is 12.4. The number of hydrogen-bond donors (Lipinski definition) is 2. The number of nitrogens with two attached hydrogens (primary N) is 1. The number of nitrogens with zero attached hydrogens (tertiary/aromatic N) is 1. The van der Waals surface area contributed by atoms with Crippen molar-refractivity contribution in [3.05, 3.63) is 0 Å². The molecule has 0 aromatic heterocycles. The second-order valence-corrected chi connectivity index (χ2v) is 5.53. The first-order valence-electron chi connectivity index (χ1n) is 7.35. The number of halogens is 1. The number of carbonyl (C=O) groups excluding carboxylic acids is 1. The van der Waals surface area contributed by atoms with E-state index in [-0.39, 0.29) is 24.4 Å². The summed E-state index contributed by atoms with van der Waals surface area (Å²) in [5.41, 5.74) is 5.97. The molecule has 1 amide bonds. The number of amides is 1. The van der Waals surface area contributed by atoms with Crippen molar-refractivity contribution in [3.8, 4) is 0 Å². The third-order valence-electron chi connectivity index (χ3n) is 3.98. The molecule has 1 aliphatic rings. The van der Waals surface area contributed by atoms with Gasteiger partial charge in [-0.05, 0) is 25.9 Å². The summed E-state index contributed by atoms with van der Waals surface area (Å²) in [4.78, 5) is 14.0. The summed E-state index contributed by atoms with van der Waals surface area (Å²) in [6.07, 6.45) is 7.32. The van der Waals surface area contributed by atoms with Gasteiger partial charge in [0.15, 0.2) is 0 Å². The van der Waals surface area contributed by atoms with Crippen molar-refractivity contribution in [2.45, 2.75) is 51.5 Å². The van der Waals surface area contributed by atoms with Gasteiger partial charge in [-0.2, -0.15) is 0 Å². The molecule has 1 rings (SSSR count). The van der Waals surface area contributed by atoms with E-state index in [9.17, 15) is 4.79 Å². The molecular weight excluding hydrogens is 262 g/mol. The highest BCUT2D eigenvalue weighted by atomic mass is 35.5. The van der Waals surface area contributed by atoms with Crippen LogP contribution in [0.5, 0.6) is 0 Å². The summed E-state index contributed by atoms with van der Waals surface area (Å²) in [5.74, 6) is 0.683. The molecule has 1 saturated carbocycles. The molecule has 0 saturated heterocycles. The highest BCUT2D eigenvalue weighted by Crippen LogP contribution is 2.26. The molecule has 114 valence electrons. The first-order chi connectivity index (χ1) is 8.63. The van der Waals surface area contributed by atoms with Gasteiger partial charge in [-0.1, -0.05) is 39.0 Å². The Labute approximate surface area is 123 Å². The fraction of sp³-hybridized carbons (Fsp3) is 0.929. The first kappa shape index (κ1) is 18.7. The van der Waals surface area contributed by atoms with E-state index < -0.39 is 0 Å². The summed E-state index contributed by atoms with van der Waals surface area (Å²) >= 11 is 0. The Morgan fingerprint density at radius 1 is 1.37 bits per heavy atom. The molecule has 0 heterocycles. The molecule has 0 radical (unpaired) electrons. The van der Waals surface area contributed by atoms with E-state index in [1.807, 2.05) is 7.05 Å². The molecule has 5 heteroatoms. The van der Waals surface area contributed by atoms with Gasteiger partial charge in [0.2, 0.25) is 5.91 Å². The average Bonchev–Trinajstić information content (AvgIpc) is 2.39. The van der Waals surface area contributed by atoms with E-state index >= 15 is 0 Å². The lowest BCUT2D eigenvalue weighted by atomic mass is 9.85. The fourth-order valence-corrected chi connectivity index (χ4v) is 2.55. The zero-order valence-corrected chi connectivity index (χ0v) is 13.2. The predicted molar refractivity (Wildman–Crippen MR) is 82.6 cm³/mol. The van der Waals surface area contributed by atoms with Crippen molar-refractivity contribution in [1.29, 1.82) is 0 Å². The Morgan fingerprint density at radius 3 is 2.58 bits per heavy atom. The quantitative estimate of drug-likeness (QED) is 0.752. The standard InChI is InChI=1S/C14H29N3O.ClH/c1-3-17(2)10-9-16-14(18)13(15)11-12-7-5-4-6-8-12;/h12-13H,3-11,15H2,1-2H3,(H,16,18);1H. The molecule has 3 N–H and O–H groups in total. The fourth-order valence-electron chi connectivity index (χ4n) is 2.55. The van der Waals surface area contributed by atoms with Gasteiger partial charge in [0.1, 0.15) is 0 Å². The Hall–Kier alpha value is -0.320. The molecule has 0 bridgehead atoms. The lowest BCUT2D eigenvalue weighted by molar-refractivity contribution is -0.122. The van der Waals surface area contributed by atoms with Crippen LogP contribution in [0.2, 0.25) is 0 Å². The number of likely N-dealkylation sites (N-methyl/N-ethyl adjacent to an activating group) is 1. The van der Waals surface area contributed by atoms with E-state index in [4.69, 9.17) is 5.73 Å². The summed E-state index contributed by atoms with van der Waals surface area (Å²) in [5, 5.41) is 2.93. The lowest BCUT2D eigenvalue weighted by Crippen LogP contribution is -2.44. The minimum atomic E-state index is -0.319. The van der Waals surface area contributed by atoms with Crippen molar-refractivity contribution < 1.29 is 4.79 Å².